The van der Waals surface area contributed by atoms with Crippen LogP contribution in [0.2, 0.25) is 0 Å². The van der Waals surface area contributed by atoms with Gasteiger partial charge in [-0.15, -0.1) is 29.7 Å². The van der Waals surface area contributed by atoms with Crippen LogP contribution in [-0.4, -0.2) is 9.97 Å². The van der Waals surface area contributed by atoms with E-state index < -0.39 is 11.6 Å². The molecule has 1 radical (unpaired) electrons. The normalized spacial score (nSPS) is 10.8. The Morgan fingerprint density at radius 2 is 1.32 bits per heavy atom. The molecule has 0 unspecified atom stereocenters. The van der Waals surface area contributed by atoms with Gasteiger partial charge in [-0.3, -0.25) is 8.78 Å². The van der Waals surface area contributed by atoms with Crippen molar-refractivity contribution in [1.29, 1.82) is 0 Å². The molecule has 37 heavy (non-hydrogen) atoms. The molecule has 0 atom stereocenters. The maximum absolute atomic E-state index is 13.2. The first-order valence-electron chi connectivity index (χ1n) is 11.5. The van der Waals surface area contributed by atoms with Gasteiger partial charge < -0.3 is 9.97 Å². The van der Waals surface area contributed by atoms with Gasteiger partial charge in [0.05, 0.1) is 0 Å². The van der Waals surface area contributed by atoms with Crippen LogP contribution in [0.15, 0.2) is 109 Å². The fraction of sp³-hybridized carbons (Fsp3) is 0. The second-order valence-electron chi connectivity index (χ2n) is 8.36. The van der Waals surface area contributed by atoms with Gasteiger partial charge in [-0.25, -0.2) is 0 Å². The molecule has 0 saturated carbocycles. The summed E-state index contributed by atoms with van der Waals surface area (Å²) >= 11 is 0. The van der Waals surface area contributed by atoms with E-state index in [0.717, 1.165) is 23.0 Å². The van der Waals surface area contributed by atoms with Gasteiger partial charge in [-0.1, -0.05) is 101 Å². The van der Waals surface area contributed by atoms with E-state index in [1.54, 1.807) is 24.4 Å². The third-order valence-corrected chi connectivity index (χ3v) is 6.16. The molecule has 0 spiro atoms. The van der Waals surface area contributed by atoms with E-state index in [1.807, 2.05) is 6.20 Å². The van der Waals surface area contributed by atoms with Crippen molar-refractivity contribution in [2.24, 2.45) is 0 Å². The summed E-state index contributed by atoms with van der Waals surface area (Å²) in [5.74, 6) is -1.29. The number of hydrogen-bond acceptors (Lipinski definition) is 2. The number of nitrogens with zero attached hydrogens (tertiary/aromatic N) is 2. The first-order valence-corrected chi connectivity index (χ1v) is 11.5. The van der Waals surface area contributed by atoms with Gasteiger partial charge in [-0.05, 0) is 33.4 Å². The quantitative estimate of drug-likeness (QED) is 0.131. The van der Waals surface area contributed by atoms with Crippen LogP contribution in [0.3, 0.4) is 0 Å². The number of rotatable bonds is 1. The van der Waals surface area contributed by atoms with Gasteiger partial charge in [0.25, 0.3) is 0 Å². The van der Waals surface area contributed by atoms with E-state index in [1.165, 1.54) is 32.3 Å². The van der Waals surface area contributed by atoms with Crippen molar-refractivity contribution in [2.45, 2.75) is 0 Å². The second kappa shape index (κ2) is 10.5. The Labute approximate surface area is 226 Å². The molecule has 2 heterocycles. The van der Waals surface area contributed by atoms with Gasteiger partial charge in [0.15, 0.2) is 0 Å². The van der Waals surface area contributed by atoms with Crippen molar-refractivity contribution >= 4 is 43.2 Å². The summed E-state index contributed by atoms with van der Waals surface area (Å²) in [6, 6.07) is 36.3. The molecule has 0 amide bonds. The number of benzene rings is 5. The minimum Gasteiger partial charge on any atom is -0.305 e. The fourth-order valence-electron chi connectivity index (χ4n) is 4.47. The van der Waals surface area contributed by atoms with Gasteiger partial charge >= 0.3 is 0 Å². The Bertz CT molecular complexity index is 1780. The van der Waals surface area contributed by atoms with E-state index in [-0.39, 0.29) is 25.7 Å². The summed E-state index contributed by atoms with van der Waals surface area (Å²) in [7, 11) is 0. The average molecular weight is 661 g/mol. The predicted molar refractivity (Wildman–Crippen MR) is 142 cm³/mol. The molecule has 0 saturated heterocycles. The van der Waals surface area contributed by atoms with Crippen LogP contribution in [0.4, 0.5) is 8.78 Å². The number of fused-ring (bicyclic) bond motifs is 7. The van der Waals surface area contributed by atoms with Crippen molar-refractivity contribution in [1.82, 2.24) is 9.97 Å². The third kappa shape index (κ3) is 4.72. The standard InChI is InChI=1S/C21H12N.C11H6F2N.Ir/c1-3-7-16-14(5-1)9-10-20-18(16)11-12-19-17-8-4-2-6-15(17)13-22-21(19)20;12-8-4-5-9(10(13)7-8)11-3-1-2-6-14-11;/h1-9,11-13H;1-4,6-7H;/q2*-1;. The van der Waals surface area contributed by atoms with Gasteiger partial charge in [0.1, 0.15) is 0 Å². The zero-order valence-corrected chi connectivity index (χ0v) is 21.8. The van der Waals surface area contributed by atoms with E-state index in [4.69, 9.17) is 4.98 Å². The van der Waals surface area contributed by atoms with Gasteiger partial charge in [0, 0.05) is 44.1 Å². The van der Waals surface area contributed by atoms with Crippen LogP contribution >= 0.6 is 0 Å². The van der Waals surface area contributed by atoms with Crippen LogP contribution in [0.25, 0.3) is 54.5 Å². The summed E-state index contributed by atoms with van der Waals surface area (Å²) in [6.07, 6.45) is 3.51. The molecule has 7 rings (SSSR count). The molecule has 7 aromatic rings. The molecular formula is C32H18F2IrN2-2. The summed E-state index contributed by atoms with van der Waals surface area (Å²) in [6.45, 7) is 0. The minimum absolute atomic E-state index is 0. The number of aromatic nitrogens is 2. The summed E-state index contributed by atoms with van der Waals surface area (Å²) < 4.78 is 25.8. The summed E-state index contributed by atoms with van der Waals surface area (Å²) in [5, 5.41) is 8.40. The Morgan fingerprint density at radius 3 is 2.08 bits per heavy atom. The molecule has 181 valence electrons. The molecule has 0 fully saturated rings. The predicted octanol–water partition coefficient (Wildman–Crippen LogP) is 8.32. The van der Waals surface area contributed by atoms with E-state index in [2.05, 4.69) is 83.8 Å². The van der Waals surface area contributed by atoms with Gasteiger partial charge in [0.2, 0.25) is 0 Å². The van der Waals surface area contributed by atoms with Crippen molar-refractivity contribution < 1.29 is 28.9 Å². The Hall–Kier alpha value is -4.05. The Balaban J connectivity index is 0.000000163. The summed E-state index contributed by atoms with van der Waals surface area (Å²) in [4.78, 5) is 8.66. The van der Waals surface area contributed by atoms with Crippen LogP contribution in [0.1, 0.15) is 0 Å². The molecular weight excluding hydrogens is 643 g/mol. The number of pyridine rings is 2. The van der Waals surface area contributed by atoms with Crippen LogP contribution in [-0.2, 0) is 20.1 Å². The zero-order valence-electron chi connectivity index (χ0n) is 19.4. The number of halogens is 2. The molecule has 5 aromatic carbocycles. The van der Waals surface area contributed by atoms with Crippen molar-refractivity contribution in [3.8, 4) is 11.3 Å². The van der Waals surface area contributed by atoms with Crippen molar-refractivity contribution in [3.05, 3.63) is 133 Å². The average Bonchev–Trinajstić information content (AvgIpc) is 2.93. The van der Waals surface area contributed by atoms with Crippen LogP contribution in [0.5, 0.6) is 0 Å². The monoisotopic (exact) mass is 661 g/mol. The summed E-state index contributed by atoms with van der Waals surface area (Å²) in [5.41, 5.74) is 1.67. The van der Waals surface area contributed by atoms with E-state index in [9.17, 15) is 8.78 Å². The van der Waals surface area contributed by atoms with Crippen molar-refractivity contribution in [2.75, 3.05) is 0 Å². The second-order valence-corrected chi connectivity index (χ2v) is 8.36. The maximum atomic E-state index is 13.2. The maximum Gasteiger partial charge on any atom is 0.0408 e. The molecule has 2 aromatic heterocycles. The van der Waals surface area contributed by atoms with Gasteiger partial charge in [-0.2, -0.15) is 0 Å². The molecule has 0 aliphatic carbocycles. The van der Waals surface area contributed by atoms with Crippen molar-refractivity contribution in [3.63, 3.8) is 0 Å². The van der Waals surface area contributed by atoms with E-state index in [0.29, 0.717) is 5.69 Å². The molecule has 5 heteroatoms. The fourth-order valence-corrected chi connectivity index (χ4v) is 4.47. The molecule has 0 aliphatic heterocycles. The van der Waals surface area contributed by atoms with Crippen LogP contribution < -0.4 is 0 Å². The minimum atomic E-state index is -0.649. The van der Waals surface area contributed by atoms with Crippen LogP contribution in [0, 0.1) is 23.8 Å². The zero-order chi connectivity index (χ0) is 24.5. The smallest absolute Gasteiger partial charge is 0.0408 e. The topological polar surface area (TPSA) is 25.8 Å². The third-order valence-electron chi connectivity index (χ3n) is 6.16. The largest absolute Gasteiger partial charge is 0.305 e. The Morgan fingerprint density at radius 1 is 0.622 bits per heavy atom. The first kappa shape index (κ1) is 24.6. The molecule has 2 nitrogen and oxygen atoms in total. The Kier molecular flexibility index (Phi) is 7.00. The SMILES string of the molecule is Fc1c[c-]c(-c2ccccn2)c(F)c1.[Ir].[c-]1cc2ccccc2c2ccc3c4ccccc4cnc3c12. The molecule has 0 N–H and O–H groups in total. The molecule has 0 aliphatic rings. The first-order chi connectivity index (χ1) is 17.7. The number of hydrogen-bond donors (Lipinski definition) is 0. The molecule has 0 bridgehead atoms. The van der Waals surface area contributed by atoms with E-state index >= 15 is 0 Å².